The van der Waals surface area contributed by atoms with Crippen LogP contribution in [0.15, 0.2) is 83.2 Å². The Labute approximate surface area is 215 Å². The van der Waals surface area contributed by atoms with E-state index in [1.807, 2.05) is 31.2 Å². The lowest BCUT2D eigenvalue weighted by Crippen LogP contribution is -2.01. The summed E-state index contributed by atoms with van der Waals surface area (Å²) in [5.41, 5.74) is 3.34. The van der Waals surface area contributed by atoms with Gasteiger partial charge < -0.3 is 4.74 Å². The maximum atomic E-state index is 13.3. The minimum Gasteiger partial charge on any atom is -0.493 e. The van der Waals surface area contributed by atoms with Crippen molar-refractivity contribution in [3.63, 3.8) is 0 Å². The number of nitrogens with zero attached hydrogens (tertiary/aromatic N) is 4. The molecule has 0 aliphatic rings. The van der Waals surface area contributed by atoms with Gasteiger partial charge in [-0.3, -0.25) is 4.79 Å². The highest BCUT2D eigenvalue weighted by atomic mass is 32.2. The van der Waals surface area contributed by atoms with Crippen molar-refractivity contribution in [2.45, 2.75) is 11.3 Å². The van der Waals surface area contributed by atoms with Crippen LogP contribution < -0.4 is 4.74 Å². The predicted molar refractivity (Wildman–Crippen MR) is 141 cm³/mol. The van der Waals surface area contributed by atoms with E-state index in [4.69, 9.17) is 4.74 Å². The average Bonchev–Trinajstić information content (AvgIpc) is 3.47. The van der Waals surface area contributed by atoms with Crippen molar-refractivity contribution >= 4 is 39.9 Å². The number of benzene rings is 3. The molecule has 5 aromatic rings. The van der Waals surface area contributed by atoms with Gasteiger partial charge in [0.1, 0.15) is 11.6 Å². The van der Waals surface area contributed by atoms with Crippen molar-refractivity contribution < 1.29 is 13.9 Å². The maximum Gasteiger partial charge on any atom is 0.235 e. The first kappa shape index (κ1) is 23.9. The molecule has 0 aliphatic heterocycles. The molecule has 2 aromatic heterocycles. The highest BCUT2D eigenvalue weighted by Gasteiger charge is 2.13. The Hall–Kier alpha value is -3.82. The van der Waals surface area contributed by atoms with Crippen LogP contribution in [0.2, 0.25) is 0 Å². The Kier molecular flexibility index (Phi) is 7.20. The quantitative estimate of drug-likeness (QED) is 0.0982. The minimum absolute atomic E-state index is 0.158. The van der Waals surface area contributed by atoms with Gasteiger partial charge in [0.05, 0.1) is 6.61 Å². The van der Waals surface area contributed by atoms with Gasteiger partial charge in [-0.25, -0.2) is 4.39 Å². The standard InChI is InChI=1S/C27H21FN4O2S2/c1-18-5-8-21(9-6-18)25-29-30-26-32(25)31-27(36-26)35-16-15-34-23-12-10-20(11-13-23)24(33)14-7-19-3-2-4-22(28)17-19/h2-14,17H,15-16H2,1H3/b14-7+. The molecule has 3 aromatic carbocycles. The van der Waals surface area contributed by atoms with Gasteiger partial charge in [0, 0.05) is 16.9 Å². The number of aryl methyl sites for hydroxylation is 1. The highest BCUT2D eigenvalue weighted by molar-refractivity contribution is 8.01. The fourth-order valence-electron chi connectivity index (χ4n) is 3.42. The van der Waals surface area contributed by atoms with E-state index in [-0.39, 0.29) is 11.6 Å². The monoisotopic (exact) mass is 516 g/mol. The van der Waals surface area contributed by atoms with Crippen molar-refractivity contribution in [2.75, 3.05) is 12.4 Å². The van der Waals surface area contributed by atoms with Crippen molar-refractivity contribution in [1.29, 1.82) is 0 Å². The number of fused-ring (bicyclic) bond motifs is 1. The Morgan fingerprint density at radius 3 is 2.67 bits per heavy atom. The third kappa shape index (κ3) is 5.69. The van der Waals surface area contributed by atoms with Gasteiger partial charge in [0.15, 0.2) is 15.9 Å². The zero-order chi connectivity index (χ0) is 24.9. The second kappa shape index (κ2) is 10.8. The van der Waals surface area contributed by atoms with E-state index in [1.165, 1.54) is 35.1 Å². The van der Waals surface area contributed by atoms with Crippen molar-refractivity contribution in [2.24, 2.45) is 0 Å². The fourth-order valence-corrected chi connectivity index (χ4v) is 5.19. The van der Waals surface area contributed by atoms with Crippen LogP contribution in [0, 0.1) is 12.7 Å². The molecule has 9 heteroatoms. The van der Waals surface area contributed by atoms with Crippen LogP contribution in [-0.4, -0.2) is 38.0 Å². The molecule has 180 valence electrons. The molecule has 0 aliphatic carbocycles. The normalized spacial score (nSPS) is 11.4. The summed E-state index contributed by atoms with van der Waals surface area (Å²) in [6.45, 7) is 2.54. The Balaban J connectivity index is 1.12. The van der Waals surface area contributed by atoms with Gasteiger partial charge >= 0.3 is 0 Å². The van der Waals surface area contributed by atoms with Gasteiger partial charge in [0.2, 0.25) is 4.96 Å². The first-order chi connectivity index (χ1) is 17.5. The topological polar surface area (TPSA) is 69.4 Å². The summed E-state index contributed by atoms with van der Waals surface area (Å²) in [6, 6.07) is 21.2. The van der Waals surface area contributed by atoms with Gasteiger partial charge in [-0.05, 0) is 55.0 Å². The number of rotatable bonds is 9. The minimum atomic E-state index is -0.335. The summed E-state index contributed by atoms with van der Waals surface area (Å²) in [5.74, 6) is 1.62. The summed E-state index contributed by atoms with van der Waals surface area (Å²) in [6.07, 6.45) is 3.04. The maximum absolute atomic E-state index is 13.3. The van der Waals surface area contributed by atoms with E-state index >= 15 is 0 Å². The molecule has 0 spiro atoms. The zero-order valence-corrected chi connectivity index (χ0v) is 20.9. The summed E-state index contributed by atoms with van der Waals surface area (Å²) < 4.78 is 21.7. The first-order valence-electron chi connectivity index (χ1n) is 11.2. The number of aromatic nitrogens is 4. The molecule has 0 fully saturated rings. The summed E-state index contributed by atoms with van der Waals surface area (Å²) in [4.78, 5) is 13.1. The molecule has 36 heavy (non-hydrogen) atoms. The molecule has 0 radical (unpaired) electrons. The van der Waals surface area contributed by atoms with E-state index < -0.39 is 0 Å². The number of thioether (sulfide) groups is 1. The molecule has 0 atom stereocenters. The molecule has 0 saturated carbocycles. The molecule has 5 rings (SSSR count). The van der Waals surface area contributed by atoms with Gasteiger partial charge in [0.25, 0.3) is 0 Å². The molecule has 6 nitrogen and oxygen atoms in total. The summed E-state index contributed by atoms with van der Waals surface area (Å²) in [7, 11) is 0. The molecule has 0 amide bonds. The number of ketones is 1. The number of halogens is 1. The number of ether oxygens (including phenoxy) is 1. The lowest BCUT2D eigenvalue weighted by molar-refractivity contribution is 0.104. The largest absolute Gasteiger partial charge is 0.493 e. The first-order valence-corrected chi connectivity index (χ1v) is 13.0. The van der Waals surface area contributed by atoms with Crippen LogP contribution in [0.25, 0.3) is 22.4 Å². The van der Waals surface area contributed by atoms with Crippen LogP contribution >= 0.6 is 23.1 Å². The van der Waals surface area contributed by atoms with Crippen molar-refractivity contribution in [1.82, 2.24) is 19.8 Å². The molecule has 0 unspecified atom stereocenters. The SMILES string of the molecule is Cc1ccc(-c2nnc3sc(SCCOc4ccc(C(=O)/C=C/c5cccc(F)c5)cc4)nn23)cc1. The number of carbonyl (C=O) groups is 1. The second-order valence-corrected chi connectivity index (χ2v) is 10.2. The molecule has 2 heterocycles. The number of hydrogen-bond acceptors (Lipinski definition) is 7. The van der Waals surface area contributed by atoms with E-state index in [9.17, 15) is 9.18 Å². The molecular formula is C27H21FN4O2S2. The molecule has 0 N–H and O–H groups in total. The smallest absolute Gasteiger partial charge is 0.235 e. The van der Waals surface area contributed by atoms with Gasteiger partial charge in [-0.2, -0.15) is 4.52 Å². The molecule has 0 saturated heterocycles. The van der Waals surface area contributed by atoms with Crippen LogP contribution in [0.3, 0.4) is 0 Å². The predicted octanol–water partition coefficient (Wildman–Crippen LogP) is 6.37. The fraction of sp³-hybridized carbons (Fsp3) is 0.111. The van der Waals surface area contributed by atoms with Crippen molar-refractivity contribution in [3.8, 4) is 17.1 Å². The number of carbonyl (C=O) groups excluding carboxylic acids is 1. The van der Waals surface area contributed by atoms with E-state index in [1.54, 1.807) is 58.8 Å². The third-order valence-corrected chi connectivity index (χ3v) is 7.27. The third-order valence-electron chi connectivity index (χ3n) is 5.27. The number of hydrogen-bond donors (Lipinski definition) is 0. The second-order valence-electron chi connectivity index (χ2n) is 7.93. The van der Waals surface area contributed by atoms with E-state index in [0.717, 1.165) is 20.7 Å². The van der Waals surface area contributed by atoms with Crippen LogP contribution in [0.5, 0.6) is 5.75 Å². The number of allylic oxidation sites excluding steroid dienone is 1. The Morgan fingerprint density at radius 2 is 1.89 bits per heavy atom. The van der Waals surface area contributed by atoms with Gasteiger partial charge in [-0.15, -0.1) is 15.3 Å². The molecular weight excluding hydrogens is 495 g/mol. The Bertz CT molecular complexity index is 1530. The summed E-state index contributed by atoms with van der Waals surface area (Å²) >= 11 is 3.09. The zero-order valence-electron chi connectivity index (χ0n) is 19.3. The van der Waals surface area contributed by atoms with E-state index in [0.29, 0.717) is 29.2 Å². The lowest BCUT2D eigenvalue weighted by atomic mass is 10.1. The average molecular weight is 517 g/mol. The van der Waals surface area contributed by atoms with Gasteiger partial charge in [-0.1, -0.05) is 71.1 Å². The summed E-state index contributed by atoms with van der Waals surface area (Å²) in [5, 5.41) is 13.2. The van der Waals surface area contributed by atoms with Crippen LogP contribution in [0.4, 0.5) is 4.39 Å². The van der Waals surface area contributed by atoms with E-state index in [2.05, 4.69) is 15.3 Å². The molecule has 0 bridgehead atoms. The van der Waals surface area contributed by atoms with Crippen molar-refractivity contribution in [3.05, 3.63) is 101 Å². The van der Waals surface area contributed by atoms with Crippen LogP contribution in [0.1, 0.15) is 21.5 Å². The van der Waals surface area contributed by atoms with Crippen LogP contribution in [-0.2, 0) is 0 Å². The highest BCUT2D eigenvalue weighted by Crippen LogP contribution is 2.27. The lowest BCUT2D eigenvalue weighted by Gasteiger charge is -2.05. The Morgan fingerprint density at radius 1 is 1.08 bits per heavy atom.